The van der Waals surface area contributed by atoms with E-state index in [1.54, 1.807) is 0 Å². The summed E-state index contributed by atoms with van der Waals surface area (Å²) >= 11 is 0. The Morgan fingerprint density at radius 3 is 1.90 bits per heavy atom. The number of benzene rings is 9. The lowest BCUT2D eigenvalue weighted by Crippen LogP contribution is -2.53. The Morgan fingerprint density at radius 2 is 1.05 bits per heavy atom. The lowest BCUT2D eigenvalue weighted by atomic mass is 9.50. The summed E-state index contributed by atoms with van der Waals surface area (Å²) in [4.78, 5) is 0. The van der Waals surface area contributed by atoms with Crippen LogP contribution in [0, 0.1) is 0 Å². The molecule has 4 heterocycles. The maximum atomic E-state index is 6.96. The number of fused-ring (bicyclic) bond motifs is 10. The number of ether oxygens (including phenoxy) is 1. The van der Waals surface area contributed by atoms with Crippen LogP contribution in [0.4, 0.5) is 0 Å². The van der Waals surface area contributed by atoms with Crippen LogP contribution in [0.15, 0.2) is 199 Å². The monoisotopic (exact) mass is 753 g/mol. The van der Waals surface area contributed by atoms with Gasteiger partial charge in [0, 0.05) is 49.3 Å². The summed E-state index contributed by atoms with van der Waals surface area (Å²) in [6.07, 6.45) is 0. The Morgan fingerprint density at radius 1 is 0.390 bits per heavy atom. The molecule has 0 amide bonds. The molecule has 4 nitrogen and oxygen atoms in total. The highest BCUT2D eigenvalue weighted by Gasteiger charge is 2.41. The molecule has 2 aliphatic heterocycles. The van der Waals surface area contributed by atoms with E-state index in [2.05, 4.69) is 187 Å². The normalized spacial score (nSPS) is 12.6. The predicted octanol–water partition coefficient (Wildman–Crippen LogP) is 13.0. The maximum Gasteiger partial charge on any atom is 0.434 e. The first-order valence-corrected chi connectivity index (χ1v) is 20.1. The van der Waals surface area contributed by atoms with E-state index < -0.39 is 0 Å². The Hall–Kier alpha value is -7.76. The molecule has 9 aromatic carbocycles. The molecule has 59 heavy (non-hydrogen) atoms. The van der Waals surface area contributed by atoms with Gasteiger partial charge in [-0.2, -0.15) is 0 Å². The predicted molar refractivity (Wildman–Crippen MR) is 242 cm³/mol. The fourth-order valence-electron chi connectivity index (χ4n) is 9.66. The van der Waals surface area contributed by atoms with Crippen molar-refractivity contribution in [3.05, 3.63) is 194 Å². The largest absolute Gasteiger partial charge is 0.551 e. The van der Waals surface area contributed by atoms with Gasteiger partial charge in [0.05, 0.1) is 11.0 Å². The number of para-hydroxylation sites is 5. The summed E-state index contributed by atoms with van der Waals surface area (Å²) in [5.41, 5.74) is 16.1. The second kappa shape index (κ2) is 12.4. The molecule has 5 heteroatoms. The average molecular weight is 754 g/mol. The van der Waals surface area contributed by atoms with Gasteiger partial charge in [-0.05, 0) is 88.0 Å². The van der Waals surface area contributed by atoms with Gasteiger partial charge in [0.25, 0.3) is 0 Å². The van der Waals surface area contributed by atoms with Crippen molar-refractivity contribution in [2.75, 3.05) is 0 Å². The highest BCUT2D eigenvalue weighted by molar-refractivity contribution is 6.84. The van der Waals surface area contributed by atoms with E-state index in [0.29, 0.717) is 0 Å². The minimum atomic E-state index is -0.340. The molecular weight excluding hydrogens is 721 g/mol. The fraction of sp³-hybridized carbons (Fsp3) is 0. The van der Waals surface area contributed by atoms with Gasteiger partial charge in [0.2, 0.25) is 0 Å². The first kappa shape index (κ1) is 32.3. The zero-order valence-corrected chi connectivity index (χ0v) is 31.7. The molecule has 11 aromatic rings. The number of nitrogens with zero attached hydrogens (tertiary/aromatic N) is 1. The van der Waals surface area contributed by atoms with E-state index in [-0.39, 0.29) is 6.92 Å². The lowest BCUT2D eigenvalue weighted by Gasteiger charge is -2.33. The standard InChI is InChI=1S/C54H32BNO3/c1-2-16-38(43-21-12-22-44-41-19-5-9-25-49(41)58-54(43)44)37(15-1)35-30-45-42-20-6-10-26-50(42)59-55-46-31-34(27-28-51(46)57-52(32-35)53(45)55)33-13-11-14-36(29-33)56-47-23-7-3-17-39(47)40-18-4-8-24-48(40)56/h1-32H. The van der Waals surface area contributed by atoms with E-state index in [0.717, 1.165) is 100 Å². The van der Waals surface area contributed by atoms with Gasteiger partial charge in [0.1, 0.15) is 28.4 Å². The fourth-order valence-corrected chi connectivity index (χ4v) is 9.66. The van der Waals surface area contributed by atoms with E-state index in [4.69, 9.17) is 13.8 Å². The molecule has 2 aliphatic rings. The molecule has 0 radical (unpaired) electrons. The Labute approximate surface area is 340 Å². The Kier molecular flexibility index (Phi) is 6.78. The average Bonchev–Trinajstić information content (AvgIpc) is 3.85. The van der Waals surface area contributed by atoms with Crippen LogP contribution in [0.5, 0.6) is 17.2 Å². The minimum Gasteiger partial charge on any atom is -0.551 e. The van der Waals surface area contributed by atoms with Crippen LogP contribution >= 0.6 is 0 Å². The highest BCUT2D eigenvalue weighted by Crippen LogP contribution is 2.45. The van der Waals surface area contributed by atoms with E-state index in [9.17, 15) is 0 Å². The maximum absolute atomic E-state index is 6.96. The molecule has 2 aromatic heterocycles. The van der Waals surface area contributed by atoms with Crippen LogP contribution in [-0.2, 0) is 0 Å². The van der Waals surface area contributed by atoms with E-state index >= 15 is 0 Å². The van der Waals surface area contributed by atoms with Crippen molar-refractivity contribution >= 4 is 61.6 Å². The molecule has 0 saturated heterocycles. The number of hydrogen-bond donors (Lipinski definition) is 0. The zero-order valence-electron chi connectivity index (χ0n) is 31.7. The summed E-state index contributed by atoms with van der Waals surface area (Å²) in [6, 6.07) is 68.8. The molecule has 0 unspecified atom stereocenters. The molecule has 0 atom stereocenters. The third-order valence-corrected chi connectivity index (χ3v) is 12.3. The molecule has 0 spiro atoms. The summed E-state index contributed by atoms with van der Waals surface area (Å²) in [6.45, 7) is -0.340. The molecule has 0 N–H and O–H groups in total. The highest BCUT2D eigenvalue weighted by atomic mass is 16.5. The van der Waals surface area contributed by atoms with Crippen molar-refractivity contribution in [1.29, 1.82) is 0 Å². The van der Waals surface area contributed by atoms with Crippen LogP contribution in [0.2, 0.25) is 0 Å². The SMILES string of the molecule is c1cc(-c2ccc3c(c2)B2Oc4ccccc4-c4cc(-c5ccccc5-c5cccc6c5oc5ccccc56)cc(c42)O3)cc(-n2c3ccccc3c3ccccc32)c1. The summed E-state index contributed by atoms with van der Waals surface area (Å²) in [5.74, 6) is 2.47. The second-order valence-electron chi connectivity index (χ2n) is 15.5. The van der Waals surface area contributed by atoms with E-state index in [1.807, 2.05) is 12.1 Å². The minimum absolute atomic E-state index is 0.340. The van der Waals surface area contributed by atoms with Crippen LogP contribution in [0.1, 0.15) is 0 Å². The van der Waals surface area contributed by atoms with Gasteiger partial charge < -0.3 is 18.4 Å². The molecule has 0 bridgehead atoms. The number of hydrogen-bond acceptors (Lipinski definition) is 3. The van der Waals surface area contributed by atoms with Crippen molar-refractivity contribution in [3.8, 4) is 67.4 Å². The third kappa shape index (κ3) is 4.79. The van der Waals surface area contributed by atoms with Gasteiger partial charge in [-0.15, -0.1) is 0 Å². The summed E-state index contributed by atoms with van der Waals surface area (Å²) in [7, 11) is 0. The molecule has 0 saturated carbocycles. The van der Waals surface area contributed by atoms with E-state index in [1.165, 1.54) is 21.8 Å². The Bertz CT molecular complexity index is 3490. The molecule has 13 rings (SSSR count). The molecule has 0 aliphatic carbocycles. The summed E-state index contributed by atoms with van der Waals surface area (Å²) in [5, 5.41) is 4.73. The van der Waals surface area contributed by atoms with Gasteiger partial charge >= 0.3 is 6.92 Å². The lowest BCUT2D eigenvalue weighted by molar-refractivity contribution is 0.479. The van der Waals surface area contributed by atoms with Crippen LogP contribution in [-0.4, -0.2) is 11.5 Å². The van der Waals surface area contributed by atoms with Crippen molar-refractivity contribution < 1.29 is 13.8 Å². The third-order valence-electron chi connectivity index (χ3n) is 12.3. The van der Waals surface area contributed by atoms with Crippen LogP contribution < -0.4 is 20.3 Å². The van der Waals surface area contributed by atoms with Crippen molar-refractivity contribution in [2.24, 2.45) is 0 Å². The van der Waals surface area contributed by atoms with Gasteiger partial charge in [0.15, 0.2) is 0 Å². The quantitative estimate of drug-likeness (QED) is 0.168. The van der Waals surface area contributed by atoms with Crippen molar-refractivity contribution in [3.63, 3.8) is 0 Å². The number of rotatable bonds is 4. The van der Waals surface area contributed by atoms with Gasteiger partial charge in [-0.3, -0.25) is 0 Å². The smallest absolute Gasteiger partial charge is 0.434 e. The van der Waals surface area contributed by atoms with Crippen molar-refractivity contribution in [2.45, 2.75) is 0 Å². The molecule has 0 fully saturated rings. The second-order valence-corrected chi connectivity index (χ2v) is 15.5. The van der Waals surface area contributed by atoms with Gasteiger partial charge in [-0.1, -0.05) is 140 Å². The van der Waals surface area contributed by atoms with Crippen LogP contribution in [0.3, 0.4) is 0 Å². The molecular formula is C54H32BNO3. The summed E-state index contributed by atoms with van der Waals surface area (Å²) < 4.78 is 22.8. The van der Waals surface area contributed by atoms with Crippen molar-refractivity contribution in [1.82, 2.24) is 4.57 Å². The Balaban J connectivity index is 0.945. The number of furan rings is 1. The van der Waals surface area contributed by atoms with Crippen LogP contribution in [0.25, 0.3) is 93.9 Å². The van der Waals surface area contributed by atoms with Gasteiger partial charge in [-0.25, -0.2) is 0 Å². The zero-order chi connectivity index (χ0) is 38.6. The molecule has 274 valence electrons. The first-order chi connectivity index (χ1) is 29.2. The number of aromatic nitrogens is 1. The topological polar surface area (TPSA) is 36.5 Å². The first-order valence-electron chi connectivity index (χ1n) is 20.1.